The largest absolute Gasteiger partial charge is 0.275 e. The van der Waals surface area contributed by atoms with Crippen LogP contribution >= 0.6 is 22.7 Å². The zero-order chi connectivity index (χ0) is 14.2. The van der Waals surface area contributed by atoms with Gasteiger partial charge in [-0.05, 0) is 11.4 Å². The van der Waals surface area contributed by atoms with E-state index < -0.39 is 10.0 Å². The average molecular weight is 326 g/mol. The maximum atomic E-state index is 12.1. The lowest BCUT2D eigenvalue weighted by Crippen LogP contribution is -2.11. The molecule has 0 bridgehead atoms. The second kappa shape index (κ2) is 5.00. The highest BCUT2D eigenvalue weighted by atomic mass is 32.2. The van der Waals surface area contributed by atoms with Crippen molar-refractivity contribution < 1.29 is 8.42 Å². The number of rotatable bonds is 4. The van der Waals surface area contributed by atoms with Crippen molar-refractivity contribution in [2.45, 2.75) is 4.21 Å². The molecule has 0 aliphatic carbocycles. The Labute approximate surface area is 123 Å². The van der Waals surface area contributed by atoms with E-state index in [4.69, 9.17) is 0 Å². The number of nitrogens with zero attached hydrogens (tertiary/aromatic N) is 3. The van der Waals surface area contributed by atoms with Gasteiger partial charge in [0, 0.05) is 24.2 Å². The number of hydrogen-bond acceptors (Lipinski definition) is 6. The Morgan fingerprint density at radius 1 is 1.35 bits per heavy atom. The summed E-state index contributed by atoms with van der Waals surface area (Å²) in [5, 5.41) is 7.92. The molecule has 3 aromatic rings. The SMILES string of the molecule is Cn1cc(-c2csc(NS(=O)(=O)c3cccs3)n2)cn1. The van der Waals surface area contributed by atoms with Crippen LogP contribution in [0.2, 0.25) is 0 Å². The molecule has 3 rings (SSSR count). The van der Waals surface area contributed by atoms with Crippen LogP contribution in [0.25, 0.3) is 11.3 Å². The molecule has 0 aliphatic heterocycles. The predicted molar refractivity (Wildman–Crippen MR) is 79.4 cm³/mol. The van der Waals surface area contributed by atoms with Gasteiger partial charge in [-0.1, -0.05) is 6.07 Å². The number of anilines is 1. The first-order valence-electron chi connectivity index (χ1n) is 5.55. The van der Waals surface area contributed by atoms with Crippen molar-refractivity contribution >= 4 is 37.8 Å². The van der Waals surface area contributed by atoms with E-state index in [1.165, 1.54) is 22.7 Å². The molecule has 0 amide bonds. The fourth-order valence-corrected chi connectivity index (χ4v) is 4.55. The van der Waals surface area contributed by atoms with E-state index in [1.807, 2.05) is 13.2 Å². The normalized spacial score (nSPS) is 11.7. The molecular formula is C11H10N4O2S3. The molecule has 0 atom stereocenters. The topological polar surface area (TPSA) is 76.9 Å². The minimum Gasteiger partial charge on any atom is -0.275 e. The fourth-order valence-electron chi connectivity index (χ4n) is 1.59. The lowest BCUT2D eigenvalue weighted by atomic mass is 10.3. The molecular weight excluding hydrogens is 316 g/mol. The molecule has 0 aliphatic rings. The van der Waals surface area contributed by atoms with Gasteiger partial charge in [-0.15, -0.1) is 22.7 Å². The highest BCUT2D eigenvalue weighted by Crippen LogP contribution is 2.27. The number of hydrogen-bond donors (Lipinski definition) is 1. The van der Waals surface area contributed by atoms with Gasteiger partial charge in [0.2, 0.25) is 0 Å². The molecule has 104 valence electrons. The summed E-state index contributed by atoms with van der Waals surface area (Å²) in [6.45, 7) is 0. The number of aromatic nitrogens is 3. The van der Waals surface area contributed by atoms with Gasteiger partial charge < -0.3 is 0 Å². The standard InChI is InChI=1S/C11H10N4O2S3/c1-15-6-8(5-12-15)9-7-19-11(13-9)14-20(16,17)10-3-2-4-18-10/h2-7H,1H3,(H,13,14). The van der Waals surface area contributed by atoms with Gasteiger partial charge in [-0.2, -0.15) is 5.10 Å². The van der Waals surface area contributed by atoms with Gasteiger partial charge in [0.1, 0.15) is 4.21 Å². The summed E-state index contributed by atoms with van der Waals surface area (Å²) in [6, 6.07) is 3.25. The molecule has 0 radical (unpaired) electrons. The van der Waals surface area contributed by atoms with Crippen LogP contribution in [0.4, 0.5) is 5.13 Å². The molecule has 9 heteroatoms. The van der Waals surface area contributed by atoms with Crippen LogP contribution in [0.15, 0.2) is 39.5 Å². The van der Waals surface area contributed by atoms with Crippen LogP contribution in [0, 0.1) is 0 Å². The predicted octanol–water partition coefficient (Wildman–Crippen LogP) is 2.41. The lowest BCUT2D eigenvalue weighted by molar-refractivity contribution is 0.603. The van der Waals surface area contributed by atoms with E-state index in [0.717, 1.165) is 5.56 Å². The minimum absolute atomic E-state index is 0.274. The number of thiophene rings is 1. The smallest absolute Gasteiger partial charge is 0.273 e. The highest BCUT2D eigenvalue weighted by molar-refractivity contribution is 7.94. The Balaban J connectivity index is 1.85. The van der Waals surface area contributed by atoms with E-state index in [-0.39, 0.29) is 4.21 Å². The highest BCUT2D eigenvalue weighted by Gasteiger charge is 2.17. The summed E-state index contributed by atoms with van der Waals surface area (Å²) in [4.78, 5) is 4.27. The molecule has 3 heterocycles. The summed E-state index contributed by atoms with van der Waals surface area (Å²) in [7, 11) is -1.72. The zero-order valence-electron chi connectivity index (χ0n) is 10.3. The Kier molecular flexibility index (Phi) is 3.32. The Bertz CT molecular complexity index is 818. The summed E-state index contributed by atoms with van der Waals surface area (Å²) >= 11 is 2.41. The molecule has 0 spiro atoms. The molecule has 0 aromatic carbocycles. The van der Waals surface area contributed by atoms with Crippen molar-refractivity contribution in [1.29, 1.82) is 0 Å². The molecule has 1 N–H and O–H groups in total. The molecule has 3 aromatic heterocycles. The first kappa shape index (κ1) is 13.3. The van der Waals surface area contributed by atoms with Crippen LogP contribution in [-0.2, 0) is 17.1 Å². The van der Waals surface area contributed by atoms with Crippen molar-refractivity contribution in [1.82, 2.24) is 14.8 Å². The molecule has 0 fully saturated rings. The zero-order valence-corrected chi connectivity index (χ0v) is 12.8. The molecule has 0 saturated heterocycles. The van der Waals surface area contributed by atoms with Crippen molar-refractivity contribution in [2.75, 3.05) is 4.72 Å². The minimum atomic E-state index is -3.54. The third-order valence-electron chi connectivity index (χ3n) is 2.49. The number of thiazole rings is 1. The Morgan fingerprint density at radius 3 is 2.85 bits per heavy atom. The van der Waals surface area contributed by atoms with E-state index in [0.29, 0.717) is 10.8 Å². The number of nitrogens with one attached hydrogen (secondary N) is 1. The monoisotopic (exact) mass is 326 g/mol. The molecule has 20 heavy (non-hydrogen) atoms. The molecule has 0 unspecified atom stereocenters. The van der Waals surface area contributed by atoms with E-state index >= 15 is 0 Å². The second-order valence-electron chi connectivity index (χ2n) is 3.98. The summed E-state index contributed by atoms with van der Waals surface area (Å²) in [6.07, 6.45) is 3.51. The van der Waals surface area contributed by atoms with Crippen molar-refractivity contribution in [2.24, 2.45) is 7.05 Å². The summed E-state index contributed by atoms with van der Waals surface area (Å²) in [5.41, 5.74) is 1.55. The maximum Gasteiger partial charge on any atom is 0.273 e. The van der Waals surface area contributed by atoms with Crippen LogP contribution in [0.5, 0.6) is 0 Å². The van der Waals surface area contributed by atoms with Crippen molar-refractivity contribution in [3.05, 3.63) is 35.3 Å². The van der Waals surface area contributed by atoms with Gasteiger partial charge >= 0.3 is 0 Å². The van der Waals surface area contributed by atoms with Crippen LogP contribution in [0.1, 0.15) is 0 Å². The van der Waals surface area contributed by atoms with Gasteiger partial charge in [0.25, 0.3) is 10.0 Å². The molecule has 6 nitrogen and oxygen atoms in total. The second-order valence-corrected chi connectivity index (χ2v) is 7.69. The summed E-state index contributed by atoms with van der Waals surface area (Å²) in [5.74, 6) is 0. The van der Waals surface area contributed by atoms with Crippen molar-refractivity contribution in [3.8, 4) is 11.3 Å². The van der Waals surface area contributed by atoms with Gasteiger partial charge in [-0.25, -0.2) is 13.4 Å². The Morgan fingerprint density at radius 2 is 2.20 bits per heavy atom. The van der Waals surface area contributed by atoms with Gasteiger partial charge in [0.05, 0.1) is 11.9 Å². The first-order chi connectivity index (χ1) is 9.54. The average Bonchev–Trinajstić information content (AvgIpc) is 3.07. The first-order valence-corrected chi connectivity index (χ1v) is 8.80. The number of aryl methyl sites for hydroxylation is 1. The van der Waals surface area contributed by atoms with Gasteiger partial charge in [0.15, 0.2) is 5.13 Å². The van der Waals surface area contributed by atoms with Crippen LogP contribution < -0.4 is 4.72 Å². The molecule has 0 saturated carbocycles. The maximum absolute atomic E-state index is 12.1. The third-order valence-corrected chi connectivity index (χ3v) is 6.11. The van der Waals surface area contributed by atoms with E-state index in [1.54, 1.807) is 33.8 Å². The van der Waals surface area contributed by atoms with Crippen molar-refractivity contribution in [3.63, 3.8) is 0 Å². The van der Waals surface area contributed by atoms with E-state index in [9.17, 15) is 8.42 Å². The number of sulfonamides is 1. The lowest BCUT2D eigenvalue weighted by Gasteiger charge is -2.01. The van der Waals surface area contributed by atoms with Crippen LogP contribution in [0.3, 0.4) is 0 Å². The third kappa shape index (κ3) is 2.60. The van der Waals surface area contributed by atoms with E-state index in [2.05, 4.69) is 14.8 Å². The summed E-state index contributed by atoms with van der Waals surface area (Å²) < 4.78 is 28.5. The Hall–Kier alpha value is -1.71. The fraction of sp³-hybridized carbons (Fsp3) is 0.0909. The van der Waals surface area contributed by atoms with Gasteiger partial charge in [-0.3, -0.25) is 9.40 Å². The quantitative estimate of drug-likeness (QED) is 0.799. The van der Waals surface area contributed by atoms with Crippen LogP contribution in [-0.4, -0.2) is 23.2 Å².